The van der Waals surface area contributed by atoms with Gasteiger partial charge in [0.15, 0.2) is 0 Å². The molecular weight excluding hydrogens is 296 g/mol. The van der Waals surface area contributed by atoms with Gasteiger partial charge in [-0.25, -0.2) is 13.1 Å². The van der Waals surface area contributed by atoms with E-state index in [2.05, 4.69) is 11.6 Å². The van der Waals surface area contributed by atoms with Gasteiger partial charge in [0.05, 0.1) is 16.7 Å². The Kier molecular flexibility index (Phi) is 4.69. The number of benzene rings is 1. The molecule has 2 unspecified atom stereocenters. The Morgan fingerprint density at radius 2 is 2.05 bits per heavy atom. The van der Waals surface area contributed by atoms with Crippen molar-refractivity contribution in [2.75, 3.05) is 0 Å². The predicted molar refractivity (Wildman–Crippen MR) is 77.9 cm³/mol. The lowest BCUT2D eigenvalue weighted by Crippen LogP contribution is -2.41. The second-order valence-electron chi connectivity index (χ2n) is 5.25. The minimum atomic E-state index is -3.64. The molecule has 0 spiro atoms. The molecule has 20 heavy (non-hydrogen) atoms. The van der Waals surface area contributed by atoms with E-state index in [0.717, 1.165) is 25.7 Å². The first kappa shape index (κ1) is 15.3. The van der Waals surface area contributed by atoms with E-state index in [1.54, 1.807) is 0 Å². The molecule has 1 aromatic carbocycles. The summed E-state index contributed by atoms with van der Waals surface area (Å²) in [6, 6.07) is 6.12. The van der Waals surface area contributed by atoms with Gasteiger partial charge in [-0.2, -0.15) is 5.26 Å². The summed E-state index contributed by atoms with van der Waals surface area (Å²) in [7, 11) is -3.64. The van der Waals surface area contributed by atoms with Crippen LogP contribution >= 0.6 is 11.6 Å². The predicted octanol–water partition coefficient (Wildman–Crippen LogP) is 3.07. The molecule has 1 fully saturated rings. The lowest BCUT2D eigenvalue weighted by atomic mass is 9.87. The Morgan fingerprint density at radius 1 is 1.35 bits per heavy atom. The van der Waals surface area contributed by atoms with Gasteiger partial charge < -0.3 is 0 Å². The van der Waals surface area contributed by atoms with E-state index < -0.39 is 10.0 Å². The molecule has 4 nitrogen and oxygen atoms in total. The summed E-state index contributed by atoms with van der Waals surface area (Å²) < 4.78 is 27.5. The molecule has 0 bridgehead atoms. The van der Waals surface area contributed by atoms with Gasteiger partial charge in [0, 0.05) is 6.04 Å². The molecule has 1 saturated carbocycles. The summed E-state index contributed by atoms with van der Waals surface area (Å²) in [5.74, 6) is 0.329. The van der Waals surface area contributed by atoms with Crippen LogP contribution in [0.5, 0.6) is 0 Å². The fraction of sp³-hybridized carbons (Fsp3) is 0.500. The third kappa shape index (κ3) is 3.32. The molecule has 108 valence electrons. The lowest BCUT2D eigenvalue weighted by molar-refractivity contribution is 0.310. The summed E-state index contributed by atoms with van der Waals surface area (Å²) in [6.45, 7) is 2.06. The smallest absolute Gasteiger partial charge is 0.208 e. The monoisotopic (exact) mass is 312 g/mol. The second kappa shape index (κ2) is 6.13. The number of nitrogens with zero attached hydrogens (tertiary/aromatic N) is 1. The van der Waals surface area contributed by atoms with Crippen LogP contribution in [0, 0.1) is 17.2 Å². The highest BCUT2D eigenvalue weighted by molar-refractivity contribution is 7.89. The van der Waals surface area contributed by atoms with E-state index in [4.69, 9.17) is 16.9 Å². The van der Waals surface area contributed by atoms with Gasteiger partial charge in [0.2, 0.25) is 10.0 Å². The average Bonchev–Trinajstić information content (AvgIpc) is 2.40. The van der Waals surface area contributed by atoms with Crippen LogP contribution in [-0.4, -0.2) is 14.5 Å². The van der Waals surface area contributed by atoms with Crippen molar-refractivity contribution in [3.63, 3.8) is 0 Å². The van der Waals surface area contributed by atoms with Crippen LogP contribution in [0.2, 0.25) is 5.02 Å². The van der Waals surface area contributed by atoms with Crippen molar-refractivity contribution in [2.24, 2.45) is 5.92 Å². The molecule has 1 N–H and O–H groups in total. The maximum atomic E-state index is 12.4. The van der Waals surface area contributed by atoms with E-state index in [9.17, 15) is 8.42 Å². The van der Waals surface area contributed by atoms with Gasteiger partial charge in [0.25, 0.3) is 0 Å². The molecule has 1 aliphatic rings. The van der Waals surface area contributed by atoms with Gasteiger partial charge in [-0.3, -0.25) is 0 Å². The molecule has 0 amide bonds. The van der Waals surface area contributed by atoms with Crippen molar-refractivity contribution in [1.29, 1.82) is 5.26 Å². The van der Waals surface area contributed by atoms with Crippen LogP contribution in [0.1, 0.15) is 38.2 Å². The molecular formula is C14H17ClN2O2S. The second-order valence-corrected chi connectivity index (χ2v) is 7.34. The number of halogens is 1. The van der Waals surface area contributed by atoms with E-state index in [1.165, 1.54) is 18.2 Å². The number of sulfonamides is 1. The summed E-state index contributed by atoms with van der Waals surface area (Å²) >= 11 is 5.98. The van der Waals surface area contributed by atoms with Crippen molar-refractivity contribution < 1.29 is 8.42 Å². The molecule has 0 heterocycles. The van der Waals surface area contributed by atoms with E-state index >= 15 is 0 Å². The summed E-state index contributed by atoms with van der Waals surface area (Å²) in [6.07, 6.45) is 4.08. The lowest BCUT2D eigenvalue weighted by Gasteiger charge is -2.29. The Hall–Kier alpha value is -1.09. The maximum absolute atomic E-state index is 12.4. The number of rotatable bonds is 3. The largest absolute Gasteiger partial charge is 0.242 e. The maximum Gasteiger partial charge on any atom is 0.242 e. The van der Waals surface area contributed by atoms with Gasteiger partial charge in [0.1, 0.15) is 4.90 Å². The zero-order valence-corrected chi connectivity index (χ0v) is 12.8. The van der Waals surface area contributed by atoms with Crippen LogP contribution in [0.25, 0.3) is 0 Å². The summed E-state index contributed by atoms with van der Waals surface area (Å²) in [5.41, 5.74) is 0.347. The van der Waals surface area contributed by atoms with Crippen molar-refractivity contribution in [3.05, 3.63) is 28.8 Å². The zero-order chi connectivity index (χ0) is 14.8. The van der Waals surface area contributed by atoms with Gasteiger partial charge in [-0.05, 0) is 37.0 Å². The van der Waals surface area contributed by atoms with Gasteiger partial charge in [-0.15, -0.1) is 0 Å². The molecule has 2 atom stereocenters. The highest BCUT2D eigenvalue weighted by atomic mass is 35.5. The first-order valence-electron chi connectivity index (χ1n) is 6.66. The molecule has 0 aromatic heterocycles. The minimum Gasteiger partial charge on any atom is -0.208 e. The zero-order valence-electron chi connectivity index (χ0n) is 11.3. The van der Waals surface area contributed by atoms with Crippen molar-refractivity contribution >= 4 is 21.6 Å². The summed E-state index contributed by atoms with van der Waals surface area (Å²) in [4.78, 5) is 0.0379. The number of hydrogen-bond donors (Lipinski definition) is 1. The Balaban J connectivity index is 2.24. The first-order valence-corrected chi connectivity index (χ1v) is 8.52. The SMILES string of the molecule is CC1CCCCC1NS(=O)(=O)c1ccc(C#N)cc1Cl. The van der Waals surface area contributed by atoms with Crippen LogP contribution < -0.4 is 4.72 Å². The first-order chi connectivity index (χ1) is 9.44. The highest BCUT2D eigenvalue weighted by Gasteiger charge is 2.27. The van der Waals surface area contributed by atoms with Crippen LogP contribution in [0.4, 0.5) is 0 Å². The molecule has 0 radical (unpaired) electrons. The molecule has 1 aliphatic carbocycles. The third-order valence-corrected chi connectivity index (χ3v) is 5.74. The van der Waals surface area contributed by atoms with E-state index in [0.29, 0.717) is 11.5 Å². The molecule has 6 heteroatoms. The number of nitrogens with one attached hydrogen (secondary N) is 1. The van der Waals surface area contributed by atoms with Gasteiger partial charge in [-0.1, -0.05) is 31.4 Å². The average molecular weight is 313 g/mol. The fourth-order valence-electron chi connectivity index (χ4n) is 2.54. The Morgan fingerprint density at radius 3 is 2.65 bits per heavy atom. The van der Waals surface area contributed by atoms with Crippen molar-refractivity contribution in [2.45, 2.75) is 43.5 Å². The number of hydrogen-bond acceptors (Lipinski definition) is 3. The van der Waals surface area contributed by atoms with Crippen LogP contribution in [-0.2, 0) is 10.0 Å². The fourth-order valence-corrected chi connectivity index (χ4v) is 4.47. The van der Waals surface area contributed by atoms with Crippen molar-refractivity contribution in [1.82, 2.24) is 4.72 Å². The third-order valence-electron chi connectivity index (χ3n) is 3.77. The van der Waals surface area contributed by atoms with E-state index in [-0.39, 0.29) is 16.0 Å². The molecule has 2 rings (SSSR count). The topological polar surface area (TPSA) is 70.0 Å². The Labute approximate surface area is 124 Å². The standard InChI is InChI=1S/C14H17ClN2O2S/c1-10-4-2-3-5-13(10)17-20(18,19)14-7-6-11(9-16)8-12(14)15/h6-8,10,13,17H,2-5H2,1H3. The number of nitriles is 1. The molecule has 0 saturated heterocycles. The minimum absolute atomic E-state index is 0.0379. The van der Waals surface area contributed by atoms with Gasteiger partial charge >= 0.3 is 0 Å². The van der Waals surface area contributed by atoms with Crippen molar-refractivity contribution in [3.8, 4) is 6.07 Å². The van der Waals surface area contributed by atoms with Crippen LogP contribution in [0.15, 0.2) is 23.1 Å². The van der Waals surface area contributed by atoms with Crippen LogP contribution in [0.3, 0.4) is 0 Å². The highest BCUT2D eigenvalue weighted by Crippen LogP contribution is 2.27. The molecule has 0 aliphatic heterocycles. The molecule has 1 aromatic rings. The normalized spacial score (nSPS) is 23.2. The van der Waals surface area contributed by atoms with E-state index in [1.807, 2.05) is 6.07 Å². The summed E-state index contributed by atoms with van der Waals surface area (Å²) in [5, 5.41) is 8.86. The Bertz CT molecular complexity index is 637. The quantitative estimate of drug-likeness (QED) is 0.932.